The largest absolute Gasteiger partial charge is 0.395 e. The van der Waals surface area contributed by atoms with Crippen molar-refractivity contribution in [2.75, 3.05) is 13.2 Å². The Morgan fingerprint density at radius 1 is 1.24 bits per heavy atom. The van der Waals surface area contributed by atoms with Crippen LogP contribution < -0.4 is 5.73 Å². The lowest BCUT2D eigenvalue weighted by Crippen LogP contribution is -2.41. The number of halogens is 2. The van der Waals surface area contributed by atoms with E-state index in [0.29, 0.717) is 16.5 Å². The van der Waals surface area contributed by atoms with Crippen LogP contribution in [0.3, 0.4) is 0 Å². The van der Waals surface area contributed by atoms with Gasteiger partial charge in [-0.25, -0.2) is 4.39 Å². The van der Waals surface area contributed by atoms with Crippen LogP contribution in [0.2, 0.25) is 0 Å². The van der Waals surface area contributed by atoms with Crippen molar-refractivity contribution >= 4 is 15.9 Å². The summed E-state index contributed by atoms with van der Waals surface area (Å²) in [6.45, 7) is 2.11. The smallest absolute Gasteiger partial charge is 0.127 e. The first-order valence-corrected chi connectivity index (χ1v) is 7.63. The Bertz CT molecular complexity index is 626. The van der Waals surface area contributed by atoms with Gasteiger partial charge < -0.3 is 10.8 Å². The highest BCUT2D eigenvalue weighted by Gasteiger charge is 2.32. The van der Waals surface area contributed by atoms with Gasteiger partial charge in [0.05, 0.1) is 6.61 Å². The SMILES string of the molecule is Cc1ccccc1C(CN)(CO)Cc1ccc(Br)cc1F. The van der Waals surface area contributed by atoms with Crippen LogP contribution in [0.5, 0.6) is 0 Å². The van der Waals surface area contributed by atoms with Crippen LogP contribution in [0.4, 0.5) is 4.39 Å². The third-order valence-corrected chi connectivity index (χ3v) is 4.45. The van der Waals surface area contributed by atoms with Crippen molar-refractivity contribution < 1.29 is 9.50 Å². The summed E-state index contributed by atoms with van der Waals surface area (Å²) in [4.78, 5) is 0. The van der Waals surface area contributed by atoms with Crippen molar-refractivity contribution in [1.82, 2.24) is 0 Å². The molecule has 0 aromatic heterocycles. The van der Waals surface area contributed by atoms with Crippen molar-refractivity contribution in [2.24, 2.45) is 5.73 Å². The molecule has 1 atom stereocenters. The number of aliphatic hydroxyl groups excluding tert-OH is 1. The van der Waals surface area contributed by atoms with Crippen molar-refractivity contribution in [2.45, 2.75) is 18.8 Å². The summed E-state index contributed by atoms with van der Waals surface area (Å²) < 4.78 is 14.8. The van der Waals surface area contributed by atoms with Crippen LogP contribution in [0.25, 0.3) is 0 Å². The zero-order valence-corrected chi connectivity index (χ0v) is 13.5. The van der Waals surface area contributed by atoms with Crippen molar-refractivity contribution in [3.63, 3.8) is 0 Å². The first-order valence-electron chi connectivity index (χ1n) is 6.83. The first kappa shape index (κ1) is 16.1. The van der Waals surface area contributed by atoms with Gasteiger partial charge in [-0.05, 0) is 42.2 Å². The lowest BCUT2D eigenvalue weighted by molar-refractivity contribution is 0.194. The molecule has 1 unspecified atom stereocenters. The fourth-order valence-electron chi connectivity index (χ4n) is 2.68. The van der Waals surface area contributed by atoms with Crippen LogP contribution >= 0.6 is 15.9 Å². The van der Waals surface area contributed by atoms with Gasteiger partial charge in [-0.2, -0.15) is 0 Å². The molecule has 0 amide bonds. The van der Waals surface area contributed by atoms with Crippen LogP contribution in [0, 0.1) is 12.7 Å². The van der Waals surface area contributed by atoms with E-state index >= 15 is 0 Å². The molecule has 0 saturated carbocycles. The number of rotatable bonds is 5. The molecule has 0 radical (unpaired) electrons. The molecule has 112 valence electrons. The minimum Gasteiger partial charge on any atom is -0.395 e. The van der Waals surface area contributed by atoms with Crippen LogP contribution in [0.15, 0.2) is 46.9 Å². The molecule has 0 aliphatic rings. The molecule has 21 heavy (non-hydrogen) atoms. The fourth-order valence-corrected chi connectivity index (χ4v) is 3.01. The van der Waals surface area contributed by atoms with Gasteiger partial charge >= 0.3 is 0 Å². The molecule has 0 heterocycles. The maximum Gasteiger partial charge on any atom is 0.127 e. The lowest BCUT2D eigenvalue weighted by atomic mass is 9.74. The summed E-state index contributed by atoms with van der Waals surface area (Å²) in [6, 6.07) is 12.8. The first-order chi connectivity index (χ1) is 10.0. The summed E-state index contributed by atoms with van der Waals surface area (Å²) in [5, 5.41) is 9.95. The van der Waals surface area contributed by atoms with E-state index in [9.17, 15) is 9.50 Å². The zero-order chi connectivity index (χ0) is 15.5. The molecule has 2 rings (SSSR count). The second kappa shape index (κ2) is 6.69. The van der Waals surface area contributed by atoms with Gasteiger partial charge in [-0.15, -0.1) is 0 Å². The molecule has 2 aromatic carbocycles. The Morgan fingerprint density at radius 2 is 1.95 bits per heavy atom. The van der Waals surface area contributed by atoms with E-state index in [1.165, 1.54) is 6.07 Å². The highest BCUT2D eigenvalue weighted by Crippen LogP contribution is 2.31. The second-order valence-electron chi connectivity index (χ2n) is 5.37. The molecule has 0 aliphatic carbocycles. The van der Waals surface area contributed by atoms with E-state index in [1.54, 1.807) is 12.1 Å². The van der Waals surface area contributed by atoms with Gasteiger partial charge in [0.15, 0.2) is 0 Å². The number of aryl methyl sites for hydroxylation is 1. The Balaban J connectivity index is 2.46. The highest BCUT2D eigenvalue weighted by atomic mass is 79.9. The molecule has 3 N–H and O–H groups in total. The average molecular weight is 352 g/mol. The van der Waals surface area contributed by atoms with Crippen LogP contribution in [0.1, 0.15) is 16.7 Å². The van der Waals surface area contributed by atoms with E-state index in [1.807, 2.05) is 31.2 Å². The summed E-state index contributed by atoms with van der Waals surface area (Å²) in [7, 11) is 0. The highest BCUT2D eigenvalue weighted by molar-refractivity contribution is 9.10. The summed E-state index contributed by atoms with van der Waals surface area (Å²) in [5.41, 5.74) is 7.87. The molecule has 0 spiro atoms. The number of hydrogen-bond donors (Lipinski definition) is 2. The minimum absolute atomic E-state index is 0.121. The zero-order valence-electron chi connectivity index (χ0n) is 11.9. The summed E-state index contributed by atoms with van der Waals surface area (Å²) >= 11 is 3.25. The van der Waals surface area contributed by atoms with E-state index in [0.717, 1.165) is 11.1 Å². The van der Waals surface area contributed by atoms with Gasteiger partial charge in [0, 0.05) is 16.4 Å². The predicted octanol–water partition coefficient (Wildman–Crippen LogP) is 3.33. The standard InChI is InChI=1S/C17H19BrFNO/c1-12-4-2-3-5-15(12)17(10-20,11-21)9-13-6-7-14(18)8-16(13)19/h2-8,21H,9-11,20H2,1H3. The topological polar surface area (TPSA) is 46.2 Å². The lowest BCUT2D eigenvalue weighted by Gasteiger charge is -2.33. The van der Waals surface area contributed by atoms with Gasteiger partial charge in [-0.3, -0.25) is 0 Å². The normalized spacial score (nSPS) is 14.0. The van der Waals surface area contributed by atoms with E-state index in [2.05, 4.69) is 15.9 Å². The van der Waals surface area contributed by atoms with Gasteiger partial charge in [0.25, 0.3) is 0 Å². The molecule has 0 bridgehead atoms. The maximum atomic E-state index is 14.1. The Hall–Kier alpha value is -1.23. The number of aliphatic hydroxyl groups is 1. The molecular weight excluding hydrogens is 333 g/mol. The summed E-state index contributed by atoms with van der Waals surface area (Å²) in [5.74, 6) is -0.288. The molecule has 4 heteroatoms. The average Bonchev–Trinajstić information content (AvgIpc) is 2.48. The van der Waals surface area contributed by atoms with Gasteiger partial charge in [0.1, 0.15) is 5.82 Å². The van der Waals surface area contributed by atoms with Gasteiger partial charge in [0.2, 0.25) is 0 Å². The van der Waals surface area contributed by atoms with E-state index < -0.39 is 5.41 Å². The van der Waals surface area contributed by atoms with Crippen LogP contribution in [-0.4, -0.2) is 18.3 Å². The minimum atomic E-state index is -0.667. The molecule has 2 nitrogen and oxygen atoms in total. The monoisotopic (exact) mass is 351 g/mol. The van der Waals surface area contributed by atoms with Crippen molar-refractivity contribution in [3.05, 3.63) is 69.4 Å². The van der Waals surface area contributed by atoms with Crippen molar-refractivity contribution in [3.8, 4) is 0 Å². The second-order valence-corrected chi connectivity index (χ2v) is 6.29. The number of benzene rings is 2. The van der Waals surface area contributed by atoms with Crippen LogP contribution in [-0.2, 0) is 11.8 Å². The Labute approximate surface area is 132 Å². The maximum absolute atomic E-state index is 14.1. The molecule has 0 fully saturated rings. The summed E-state index contributed by atoms with van der Waals surface area (Å²) in [6.07, 6.45) is 0.365. The number of hydrogen-bond acceptors (Lipinski definition) is 2. The third kappa shape index (κ3) is 3.34. The van der Waals surface area contributed by atoms with Crippen molar-refractivity contribution in [1.29, 1.82) is 0 Å². The molecular formula is C17H19BrFNO. The Kier molecular flexibility index (Phi) is 5.14. The predicted molar refractivity (Wildman–Crippen MR) is 86.8 cm³/mol. The fraction of sp³-hybridized carbons (Fsp3) is 0.294. The quantitative estimate of drug-likeness (QED) is 0.867. The van der Waals surface area contributed by atoms with E-state index in [4.69, 9.17) is 5.73 Å². The Morgan fingerprint density at radius 3 is 2.52 bits per heavy atom. The molecule has 0 saturated heterocycles. The molecule has 0 aliphatic heterocycles. The third-order valence-electron chi connectivity index (χ3n) is 3.95. The van der Waals surface area contributed by atoms with E-state index in [-0.39, 0.29) is 19.0 Å². The van der Waals surface area contributed by atoms with Gasteiger partial charge in [-0.1, -0.05) is 46.3 Å². The molecule has 2 aromatic rings. The number of nitrogens with two attached hydrogens (primary N) is 1.